The molecule has 2 heterocycles. The third-order valence-electron chi connectivity index (χ3n) is 4.30. The molecule has 25 heavy (non-hydrogen) atoms. The van der Waals surface area contributed by atoms with Gasteiger partial charge in [0.15, 0.2) is 6.61 Å². The normalized spacial score (nSPS) is 13.2. The Balaban J connectivity index is 1.86. The Labute approximate surface area is 144 Å². The number of aromatic nitrogens is 2. The number of aryl methyl sites for hydroxylation is 2. The molecule has 5 nitrogen and oxygen atoms in total. The van der Waals surface area contributed by atoms with E-state index >= 15 is 0 Å². The average Bonchev–Trinajstić information content (AvgIpc) is 2.95. The van der Waals surface area contributed by atoms with Crippen LogP contribution < -0.4 is 10.1 Å². The molecule has 6 heteroatoms. The van der Waals surface area contributed by atoms with Gasteiger partial charge in [0.1, 0.15) is 11.6 Å². The Morgan fingerprint density at radius 1 is 1.20 bits per heavy atom. The fourth-order valence-electron chi connectivity index (χ4n) is 3.14. The van der Waals surface area contributed by atoms with Gasteiger partial charge in [-0.25, -0.2) is 4.39 Å². The molecule has 0 aliphatic carbocycles. The number of amides is 1. The third kappa shape index (κ3) is 2.65. The Morgan fingerprint density at radius 2 is 2.04 bits per heavy atom. The number of anilines is 1. The molecule has 0 radical (unpaired) electrons. The van der Waals surface area contributed by atoms with Crippen LogP contribution in [-0.4, -0.2) is 22.3 Å². The molecule has 126 valence electrons. The molecule has 1 aromatic heterocycles. The number of hydrogen-bond donors (Lipinski definition) is 1. The van der Waals surface area contributed by atoms with Gasteiger partial charge >= 0.3 is 0 Å². The highest BCUT2D eigenvalue weighted by Crippen LogP contribution is 2.37. The topological polar surface area (TPSA) is 56.2 Å². The van der Waals surface area contributed by atoms with Gasteiger partial charge < -0.3 is 10.1 Å². The van der Waals surface area contributed by atoms with Crippen LogP contribution >= 0.6 is 0 Å². The fraction of sp³-hybridized carbons (Fsp3) is 0.158. The van der Waals surface area contributed by atoms with Crippen LogP contribution in [0.15, 0.2) is 42.6 Å². The maximum absolute atomic E-state index is 13.4. The number of carbonyl (C=O) groups excluding carboxylic acids is 1. The van der Waals surface area contributed by atoms with Crippen molar-refractivity contribution in [1.82, 2.24) is 9.78 Å². The number of nitrogens with zero attached hydrogens (tertiary/aromatic N) is 2. The minimum atomic E-state index is -0.264. The van der Waals surface area contributed by atoms with Gasteiger partial charge in [0.05, 0.1) is 17.6 Å². The van der Waals surface area contributed by atoms with Crippen LogP contribution in [-0.2, 0) is 11.8 Å². The lowest BCUT2D eigenvalue weighted by molar-refractivity contribution is -0.118. The molecule has 0 bridgehead atoms. The Kier molecular flexibility index (Phi) is 3.53. The lowest BCUT2D eigenvalue weighted by Gasteiger charge is -2.19. The van der Waals surface area contributed by atoms with Crippen LogP contribution in [0.3, 0.4) is 0 Å². The summed E-state index contributed by atoms with van der Waals surface area (Å²) in [5, 5.41) is 7.18. The van der Waals surface area contributed by atoms with Gasteiger partial charge in [-0.05, 0) is 48.4 Å². The number of halogens is 1. The van der Waals surface area contributed by atoms with E-state index in [1.807, 2.05) is 32.2 Å². The van der Waals surface area contributed by atoms with E-state index in [0.29, 0.717) is 11.4 Å². The molecule has 1 N–H and O–H groups in total. The van der Waals surface area contributed by atoms with Crippen molar-refractivity contribution in [2.75, 3.05) is 11.9 Å². The molecule has 1 aliphatic rings. The predicted octanol–water partition coefficient (Wildman–Crippen LogP) is 3.53. The number of fused-ring (bicyclic) bond motifs is 1. The van der Waals surface area contributed by atoms with Gasteiger partial charge in [-0.3, -0.25) is 9.48 Å². The van der Waals surface area contributed by atoms with Crippen LogP contribution in [0.25, 0.3) is 22.4 Å². The number of benzene rings is 2. The van der Waals surface area contributed by atoms with E-state index in [0.717, 1.165) is 27.9 Å². The summed E-state index contributed by atoms with van der Waals surface area (Å²) in [7, 11) is 1.85. The van der Waals surface area contributed by atoms with Gasteiger partial charge in [0.25, 0.3) is 5.91 Å². The molecule has 0 saturated heterocycles. The molecule has 4 rings (SSSR count). The van der Waals surface area contributed by atoms with Crippen LogP contribution in [0.5, 0.6) is 5.75 Å². The number of carbonyl (C=O) groups is 1. The minimum absolute atomic E-state index is 0.0259. The van der Waals surface area contributed by atoms with Crippen LogP contribution in [0.2, 0.25) is 0 Å². The first-order valence-corrected chi connectivity index (χ1v) is 7.88. The number of nitrogens with one attached hydrogen (secondary N) is 1. The van der Waals surface area contributed by atoms with Gasteiger partial charge in [-0.15, -0.1) is 0 Å². The van der Waals surface area contributed by atoms with E-state index in [9.17, 15) is 9.18 Å². The van der Waals surface area contributed by atoms with Crippen molar-refractivity contribution in [2.45, 2.75) is 6.92 Å². The molecule has 0 spiro atoms. The highest BCUT2D eigenvalue weighted by Gasteiger charge is 2.20. The maximum Gasteiger partial charge on any atom is 0.262 e. The highest BCUT2D eigenvalue weighted by atomic mass is 19.1. The first kappa shape index (κ1) is 15.4. The van der Waals surface area contributed by atoms with Crippen molar-refractivity contribution in [1.29, 1.82) is 0 Å². The first-order chi connectivity index (χ1) is 12.0. The first-order valence-electron chi connectivity index (χ1n) is 7.88. The van der Waals surface area contributed by atoms with Crippen molar-refractivity contribution < 1.29 is 13.9 Å². The molecule has 0 saturated carbocycles. The largest absolute Gasteiger partial charge is 0.482 e. The summed E-state index contributed by atoms with van der Waals surface area (Å²) in [5.41, 5.74) is 5.08. The summed E-state index contributed by atoms with van der Waals surface area (Å²) in [6.07, 6.45) is 1.77. The number of rotatable bonds is 2. The lowest BCUT2D eigenvalue weighted by atomic mass is 9.97. The van der Waals surface area contributed by atoms with Crippen LogP contribution in [0.1, 0.15) is 5.56 Å². The second kappa shape index (κ2) is 5.73. The van der Waals surface area contributed by atoms with Crippen LogP contribution in [0, 0.1) is 12.7 Å². The summed E-state index contributed by atoms with van der Waals surface area (Å²) >= 11 is 0. The lowest BCUT2D eigenvalue weighted by Crippen LogP contribution is -2.25. The summed E-state index contributed by atoms with van der Waals surface area (Å²) in [6.45, 7) is 1.90. The molecular weight excluding hydrogens is 321 g/mol. The zero-order valence-electron chi connectivity index (χ0n) is 13.8. The van der Waals surface area contributed by atoms with Crippen molar-refractivity contribution in [3.63, 3.8) is 0 Å². The molecule has 0 unspecified atom stereocenters. The van der Waals surface area contributed by atoms with Crippen molar-refractivity contribution in [2.24, 2.45) is 7.05 Å². The predicted molar refractivity (Wildman–Crippen MR) is 92.9 cm³/mol. The molecule has 2 aromatic carbocycles. The Morgan fingerprint density at radius 3 is 2.84 bits per heavy atom. The second-order valence-corrected chi connectivity index (χ2v) is 6.04. The van der Waals surface area contributed by atoms with Crippen LogP contribution in [0.4, 0.5) is 10.1 Å². The SMILES string of the molecule is Cc1cc(F)ccc1-c1cnn(C)c1-c1ccc2c(c1)NC(=O)CO2. The molecular formula is C19H16FN3O2. The van der Waals surface area contributed by atoms with Gasteiger partial charge in [0, 0.05) is 18.2 Å². The molecule has 0 fully saturated rings. The van der Waals surface area contributed by atoms with E-state index in [4.69, 9.17) is 4.74 Å². The zero-order chi connectivity index (χ0) is 17.6. The third-order valence-corrected chi connectivity index (χ3v) is 4.30. The fourth-order valence-corrected chi connectivity index (χ4v) is 3.14. The number of hydrogen-bond acceptors (Lipinski definition) is 3. The summed E-state index contributed by atoms with van der Waals surface area (Å²) < 4.78 is 20.6. The molecule has 1 aliphatic heterocycles. The smallest absolute Gasteiger partial charge is 0.262 e. The Bertz CT molecular complexity index is 994. The van der Waals surface area contributed by atoms with Crippen molar-refractivity contribution in [3.8, 4) is 28.1 Å². The Hall–Kier alpha value is -3.15. The summed E-state index contributed by atoms with van der Waals surface area (Å²) in [6, 6.07) is 10.3. The van der Waals surface area contributed by atoms with E-state index in [1.165, 1.54) is 12.1 Å². The summed E-state index contributed by atoms with van der Waals surface area (Å²) in [4.78, 5) is 11.6. The van der Waals surface area contributed by atoms with E-state index < -0.39 is 0 Å². The summed E-state index contributed by atoms with van der Waals surface area (Å²) in [5.74, 6) is 0.203. The minimum Gasteiger partial charge on any atom is -0.482 e. The van der Waals surface area contributed by atoms with Crippen molar-refractivity contribution >= 4 is 11.6 Å². The van der Waals surface area contributed by atoms with Crippen molar-refractivity contribution in [3.05, 3.63) is 54.0 Å². The van der Waals surface area contributed by atoms with Gasteiger partial charge in [-0.2, -0.15) is 5.10 Å². The van der Waals surface area contributed by atoms with E-state index in [-0.39, 0.29) is 18.3 Å². The zero-order valence-corrected chi connectivity index (χ0v) is 13.8. The standard InChI is InChI=1S/C19H16FN3O2/c1-11-7-13(20)4-5-14(11)15-9-21-23(2)19(15)12-3-6-17-16(8-12)22-18(24)10-25-17/h3-9H,10H2,1-2H3,(H,22,24). The molecule has 0 atom stereocenters. The molecule has 1 amide bonds. The van der Waals surface area contributed by atoms with Gasteiger partial charge in [0.2, 0.25) is 0 Å². The quantitative estimate of drug-likeness (QED) is 0.778. The average molecular weight is 337 g/mol. The van der Waals surface area contributed by atoms with Gasteiger partial charge in [-0.1, -0.05) is 6.07 Å². The monoisotopic (exact) mass is 337 g/mol. The van der Waals surface area contributed by atoms with E-state index in [2.05, 4.69) is 10.4 Å². The molecule has 3 aromatic rings. The maximum atomic E-state index is 13.4. The van der Waals surface area contributed by atoms with E-state index in [1.54, 1.807) is 16.9 Å². The second-order valence-electron chi connectivity index (χ2n) is 6.04. The highest BCUT2D eigenvalue weighted by molar-refractivity contribution is 5.96. The number of ether oxygens (including phenoxy) is 1.